The second-order valence-electron chi connectivity index (χ2n) is 4.26. The highest BCUT2D eigenvalue weighted by atomic mass is 79.9. The Hall–Kier alpha value is -0.610. The molecule has 0 spiro atoms. The third-order valence-corrected chi connectivity index (χ3v) is 3.74. The minimum atomic E-state index is -0.321. The Balaban J connectivity index is 2.16. The number of benzene rings is 1. The molecule has 0 atom stereocenters. The van der Waals surface area contributed by atoms with Gasteiger partial charge in [0.05, 0.1) is 4.47 Å². The Morgan fingerprint density at radius 2 is 2.06 bits per heavy atom. The van der Waals surface area contributed by atoms with Gasteiger partial charge in [-0.25, -0.2) is 4.39 Å². The summed E-state index contributed by atoms with van der Waals surface area (Å²) in [5.41, 5.74) is 0.446. The molecule has 1 aromatic rings. The highest BCUT2D eigenvalue weighted by molar-refractivity contribution is 9.10. The molecule has 2 rings (SSSR count). The van der Waals surface area contributed by atoms with E-state index in [9.17, 15) is 9.50 Å². The normalized spacial score (nSPS) is 17.6. The van der Waals surface area contributed by atoms with E-state index in [1.54, 1.807) is 6.07 Å². The molecule has 0 radical (unpaired) electrons. The zero-order chi connectivity index (χ0) is 11.5. The maximum Gasteiger partial charge on any atom is 0.144 e. The third-order valence-electron chi connectivity index (χ3n) is 3.12. The van der Waals surface area contributed by atoms with Gasteiger partial charge < -0.3 is 10.4 Å². The van der Waals surface area contributed by atoms with Crippen molar-refractivity contribution in [1.82, 2.24) is 5.32 Å². The fraction of sp³-hybridized carbons (Fsp3) is 0.500. The fourth-order valence-corrected chi connectivity index (χ4v) is 2.52. The van der Waals surface area contributed by atoms with Gasteiger partial charge in [0, 0.05) is 5.56 Å². The van der Waals surface area contributed by atoms with Crippen molar-refractivity contribution in [1.29, 1.82) is 0 Å². The van der Waals surface area contributed by atoms with Gasteiger partial charge in [-0.2, -0.15) is 0 Å². The van der Waals surface area contributed by atoms with Crippen LogP contribution in [0.15, 0.2) is 16.6 Å². The molecular formula is C12H15BrFNO. The molecule has 2 nitrogen and oxygen atoms in total. The predicted molar refractivity (Wildman–Crippen MR) is 65.1 cm³/mol. The van der Waals surface area contributed by atoms with E-state index in [0.717, 1.165) is 25.9 Å². The summed E-state index contributed by atoms with van der Waals surface area (Å²) in [5, 5.41) is 12.9. The molecule has 16 heavy (non-hydrogen) atoms. The summed E-state index contributed by atoms with van der Waals surface area (Å²) in [5.74, 6) is 0.216. The van der Waals surface area contributed by atoms with Crippen LogP contribution in [0.25, 0.3) is 0 Å². The van der Waals surface area contributed by atoms with Crippen molar-refractivity contribution in [2.45, 2.75) is 19.3 Å². The van der Waals surface area contributed by atoms with Crippen molar-refractivity contribution < 1.29 is 9.50 Å². The van der Waals surface area contributed by atoms with Gasteiger partial charge in [0.15, 0.2) is 0 Å². The van der Waals surface area contributed by atoms with Gasteiger partial charge in [-0.05, 0) is 66.3 Å². The van der Waals surface area contributed by atoms with E-state index in [0.29, 0.717) is 22.4 Å². The van der Waals surface area contributed by atoms with Crippen LogP contribution in [0.2, 0.25) is 0 Å². The summed E-state index contributed by atoms with van der Waals surface area (Å²) >= 11 is 3.15. The Bertz CT molecular complexity index is 378. The lowest BCUT2D eigenvalue weighted by Crippen LogP contribution is -2.28. The molecule has 1 aliphatic heterocycles. The van der Waals surface area contributed by atoms with Gasteiger partial charge in [-0.15, -0.1) is 0 Å². The molecule has 1 fully saturated rings. The summed E-state index contributed by atoms with van der Waals surface area (Å²) in [7, 11) is 0. The Morgan fingerprint density at radius 3 is 2.75 bits per heavy atom. The fourth-order valence-electron chi connectivity index (χ4n) is 2.15. The Labute approximate surface area is 103 Å². The van der Waals surface area contributed by atoms with Crippen molar-refractivity contribution in [2.75, 3.05) is 13.1 Å². The first-order valence-electron chi connectivity index (χ1n) is 5.55. The van der Waals surface area contributed by atoms with Crippen LogP contribution in [0.1, 0.15) is 18.4 Å². The van der Waals surface area contributed by atoms with Crippen LogP contribution in [0.4, 0.5) is 4.39 Å². The van der Waals surface area contributed by atoms with E-state index < -0.39 is 0 Å². The van der Waals surface area contributed by atoms with Gasteiger partial charge in [0.1, 0.15) is 11.6 Å². The summed E-state index contributed by atoms with van der Waals surface area (Å²) < 4.78 is 14.2. The minimum absolute atomic E-state index is 0.0687. The average Bonchev–Trinajstić information content (AvgIpc) is 2.31. The maximum absolute atomic E-state index is 13.8. The number of rotatable bonds is 2. The number of aromatic hydroxyl groups is 1. The number of piperidine rings is 1. The van der Waals surface area contributed by atoms with Crippen LogP contribution >= 0.6 is 15.9 Å². The largest absolute Gasteiger partial charge is 0.508 e. The molecule has 0 aliphatic carbocycles. The summed E-state index contributed by atoms with van der Waals surface area (Å²) in [4.78, 5) is 0. The van der Waals surface area contributed by atoms with E-state index >= 15 is 0 Å². The van der Waals surface area contributed by atoms with Crippen molar-refractivity contribution in [3.63, 3.8) is 0 Å². The molecule has 0 unspecified atom stereocenters. The summed E-state index contributed by atoms with van der Waals surface area (Å²) in [6, 6.07) is 3.08. The van der Waals surface area contributed by atoms with E-state index in [-0.39, 0.29) is 11.6 Å². The van der Waals surface area contributed by atoms with E-state index in [1.165, 1.54) is 6.07 Å². The standard InChI is InChI=1S/C12H15BrFNO/c13-10-1-2-11(16)9(12(10)14)7-8-3-5-15-6-4-8/h1-2,8,15-16H,3-7H2. The average molecular weight is 288 g/mol. The van der Waals surface area contributed by atoms with Gasteiger partial charge in [-0.1, -0.05) is 0 Å². The molecule has 88 valence electrons. The Kier molecular flexibility index (Phi) is 3.82. The smallest absolute Gasteiger partial charge is 0.144 e. The van der Waals surface area contributed by atoms with Gasteiger partial charge in [0.25, 0.3) is 0 Å². The number of halogens is 2. The predicted octanol–water partition coefficient (Wildman–Crippen LogP) is 2.84. The molecule has 0 saturated carbocycles. The zero-order valence-corrected chi connectivity index (χ0v) is 10.6. The van der Waals surface area contributed by atoms with Gasteiger partial charge in [0.2, 0.25) is 0 Å². The molecule has 1 saturated heterocycles. The minimum Gasteiger partial charge on any atom is -0.508 e. The SMILES string of the molecule is Oc1ccc(Br)c(F)c1CC1CCNCC1. The third kappa shape index (κ3) is 2.55. The van der Waals surface area contributed by atoms with Crippen molar-refractivity contribution in [3.8, 4) is 5.75 Å². The monoisotopic (exact) mass is 287 g/mol. The molecule has 1 aliphatic rings. The molecule has 2 N–H and O–H groups in total. The molecule has 1 heterocycles. The highest BCUT2D eigenvalue weighted by Crippen LogP contribution is 2.30. The zero-order valence-electron chi connectivity index (χ0n) is 8.97. The molecule has 0 bridgehead atoms. The van der Waals surface area contributed by atoms with Crippen LogP contribution in [-0.2, 0) is 6.42 Å². The maximum atomic E-state index is 13.8. The molecular weight excluding hydrogens is 273 g/mol. The first-order valence-corrected chi connectivity index (χ1v) is 6.34. The lowest BCUT2D eigenvalue weighted by molar-refractivity contribution is 0.360. The van der Waals surface area contributed by atoms with Crippen LogP contribution in [0, 0.1) is 11.7 Å². The molecule has 0 amide bonds. The van der Waals surface area contributed by atoms with Crippen molar-refractivity contribution >= 4 is 15.9 Å². The number of phenols is 1. The second-order valence-corrected chi connectivity index (χ2v) is 5.11. The van der Waals surface area contributed by atoms with E-state index in [4.69, 9.17) is 0 Å². The van der Waals surface area contributed by atoms with Crippen LogP contribution in [-0.4, -0.2) is 18.2 Å². The second kappa shape index (κ2) is 5.15. The lowest BCUT2D eigenvalue weighted by atomic mass is 9.90. The van der Waals surface area contributed by atoms with Gasteiger partial charge in [-0.3, -0.25) is 0 Å². The van der Waals surface area contributed by atoms with E-state index in [1.807, 2.05) is 0 Å². The van der Waals surface area contributed by atoms with Crippen molar-refractivity contribution in [3.05, 3.63) is 28.0 Å². The highest BCUT2D eigenvalue weighted by Gasteiger charge is 2.19. The first-order chi connectivity index (χ1) is 7.68. The molecule has 1 aromatic carbocycles. The number of nitrogens with one attached hydrogen (secondary N) is 1. The first kappa shape index (κ1) is 11.9. The van der Waals surface area contributed by atoms with Crippen LogP contribution in [0.5, 0.6) is 5.75 Å². The topological polar surface area (TPSA) is 32.3 Å². The summed E-state index contributed by atoms with van der Waals surface area (Å²) in [6.07, 6.45) is 2.72. The summed E-state index contributed by atoms with van der Waals surface area (Å²) in [6.45, 7) is 1.97. The number of phenolic OH excluding ortho intramolecular Hbond substituents is 1. The lowest BCUT2D eigenvalue weighted by Gasteiger charge is -2.23. The van der Waals surface area contributed by atoms with Crippen LogP contribution in [0.3, 0.4) is 0 Å². The number of hydrogen-bond acceptors (Lipinski definition) is 2. The number of hydrogen-bond donors (Lipinski definition) is 2. The van der Waals surface area contributed by atoms with Crippen molar-refractivity contribution in [2.24, 2.45) is 5.92 Å². The quantitative estimate of drug-likeness (QED) is 0.877. The van der Waals surface area contributed by atoms with E-state index in [2.05, 4.69) is 21.2 Å². The molecule has 0 aromatic heterocycles. The van der Waals surface area contributed by atoms with Crippen LogP contribution < -0.4 is 5.32 Å². The van der Waals surface area contributed by atoms with Gasteiger partial charge >= 0.3 is 0 Å². The molecule has 4 heteroatoms. The Morgan fingerprint density at radius 1 is 1.38 bits per heavy atom.